The highest BCUT2D eigenvalue weighted by molar-refractivity contribution is 7.15. The van der Waals surface area contributed by atoms with E-state index < -0.39 is 0 Å². The van der Waals surface area contributed by atoms with Crippen molar-refractivity contribution >= 4 is 33.4 Å². The molecule has 1 fully saturated rings. The molecule has 0 aliphatic carbocycles. The Labute approximate surface area is 211 Å². The summed E-state index contributed by atoms with van der Waals surface area (Å²) in [7, 11) is 0. The van der Waals surface area contributed by atoms with Gasteiger partial charge in [0.05, 0.1) is 15.8 Å². The Bertz CT molecular complexity index is 1710. The second kappa shape index (κ2) is 8.61. The number of rotatable bonds is 5. The van der Waals surface area contributed by atoms with Gasteiger partial charge in [-0.15, -0.1) is 11.3 Å². The van der Waals surface area contributed by atoms with Crippen LogP contribution in [0.2, 0.25) is 0 Å². The SMILES string of the molecule is Cc1ccc(-c2nccc3[nH]c(-c4n[nH]c5ncc(-c6cncc(CN7CCCC7)c6)cc45)nc23)s1. The molecular weight excluding hydrogens is 468 g/mol. The van der Waals surface area contributed by atoms with Gasteiger partial charge in [-0.2, -0.15) is 5.10 Å². The molecule has 36 heavy (non-hydrogen) atoms. The van der Waals surface area contributed by atoms with Crippen molar-refractivity contribution < 1.29 is 0 Å². The van der Waals surface area contributed by atoms with Crippen molar-refractivity contribution in [2.45, 2.75) is 26.3 Å². The number of likely N-dealkylation sites (tertiary alicyclic amines) is 1. The molecule has 9 heteroatoms. The van der Waals surface area contributed by atoms with E-state index in [9.17, 15) is 0 Å². The maximum absolute atomic E-state index is 4.93. The van der Waals surface area contributed by atoms with Crippen LogP contribution in [0.5, 0.6) is 0 Å². The second-order valence-corrected chi connectivity index (χ2v) is 10.6. The molecule has 7 rings (SSSR count). The topological polar surface area (TPSA) is 99.3 Å². The molecular formula is C27H24N8S. The van der Waals surface area contributed by atoms with Gasteiger partial charge in [0.1, 0.15) is 16.9 Å². The third kappa shape index (κ3) is 3.77. The van der Waals surface area contributed by atoms with E-state index in [4.69, 9.17) is 4.98 Å². The Morgan fingerprint density at radius 1 is 0.972 bits per heavy atom. The summed E-state index contributed by atoms with van der Waals surface area (Å²) < 4.78 is 0. The molecule has 1 aliphatic rings. The summed E-state index contributed by atoms with van der Waals surface area (Å²) in [6.07, 6.45) is 10.1. The van der Waals surface area contributed by atoms with E-state index in [0.717, 1.165) is 69.1 Å². The first-order valence-corrected chi connectivity index (χ1v) is 13.0. The summed E-state index contributed by atoms with van der Waals surface area (Å²) in [4.78, 5) is 27.0. The minimum atomic E-state index is 0.693. The molecule has 0 bridgehead atoms. The Morgan fingerprint density at radius 2 is 1.86 bits per heavy atom. The van der Waals surface area contributed by atoms with E-state index in [-0.39, 0.29) is 0 Å². The number of pyridine rings is 3. The fourth-order valence-corrected chi connectivity index (χ4v) is 5.83. The average molecular weight is 493 g/mol. The largest absolute Gasteiger partial charge is 0.336 e. The first kappa shape index (κ1) is 21.3. The van der Waals surface area contributed by atoms with Crippen molar-refractivity contribution in [2.75, 3.05) is 13.1 Å². The summed E-state index contributed by atoms with van der Waals surface area (Å²) in [5.74, 6) is 0.693. The molecule has 2 N–H and O–H groups in total. The van der Waals surface area contributed by atoms with Crippen molar-refractivity contribution in [3.05, 3.63) is 65.6 Å². The lowest BCUT2D eigenvalue weighted by Crippen LogP contribution is -2.18. The molecule has 0 radical (unpaired) electrons. The van der Waals surface area contributed by atoms with Crippen LogP contribution in [0, 0.1) is 6.92 Å². The number of hydrogen-bond donors (Lipinski definition) is 2. The van der Waals surface area contributed by atoms with Gasteiger partial charge in [0, 0.05) is 47.3 Å². The average Bonchev–Trinajstić information content (AvgIpc) is 3.70. The van der Waals surface area contributed by atoms with E-state index in [1.54, 1.807) is 11.3 Å². The maximum Gasteiger partial charge on any atom is 0.159 e. The summed E-state index contributed by atoms with van der Waals surface area (Å²) in [5.41, 5.74) is 7.41. The first-order chi connectivity index (χ1) is 17.7. The highest BCUT2D eigenvalue weighted by atomic mass is 32.1. The molecule has 6 aromatic rings. The normalized spacial score (nSPS) is 14.4. The molecule has 178 valence electrons. The number of aryl methyl sites for hydroxylation is 1. The summed E-state index contributed by atoms with van der Waals surface area (Å²) in [6, 6.07) is 10.5. The van der Waals surface area contributed by atoms with Gasteiger partial charge < -0.3 is 4.98 Å². The zero-order valence-corrected chi connectivity index (χ0v) is 20.6. The van der Waals surface area contributed by atoms with Gasteiger partial charge in [0.2, 0.25) is 0 Å². The van der Waals surface area contributed by atoms with Crippen LogP contribution in [0.3, 0.4) is 0 Å². The minimum Gasteiger partial charge on any atom is -0.336 e. The number of fused-ring (bicyclic) bond motifs is 2. The maximum atomic E-state index is 4.93. The number of thiophene rings is 1. The number of nitrogens with one attached hydrogen (secondary N) is 2. The van der Waals surface area contributed by atoms with Crippen molar-refractivity contribution in [1.82, 2.24) is 40.0 Å². The van der Waals surface area contributed by atoms with Crippen LogP contribution in [-0.4, -0.2) is 53.1 Å². The van der Waals surface area contributed by atoms with Gasteiger partial charge in [-0.05, 0) is 68.8 Å². The van der Waals surface area contributed by atoms with Gasteiger partial charge in [0.15, 0.2) is 11.5 Å². The lowest BCUT2D eigenvalue weighted by Gasteiger charge is -2.14. The molecule has 8 nitrogen and oxygen atoms in total. The fourth-order valence-electron chi connectivity index (χ4n) is 4.96. The molecule has 0 spiro atoms. The van der Waals surface area contributed by atoms with Crippen molar-refractivity contribution in [2.24, 2.45) is 0 Å². The van der Waals surface area contributed by atoms with Gasteiger partial charge in [-0.1, -0.05) is 0 Å². The molecule has 0 atom stereocenters. The number of aromatic nitrogens is 7. The standard InChI is InChI=1S/C27H24N8S/c1-16-4-5-22(36-16)25-24-21(6-7-29-25)31-27(32-24)23-20-11-19(14-30-26(20)34-33-23)18-10-17(12-28-13-18)15-35-8-2-3-9-35/h4-7,10-14H,2-3,8-9,15H2,1H3,(H,31,32)(H,30,33,34). The molecule has 1 saturated heterocycles. The van der Waals surface area contributed by atoms with Gasteiger partial charge in [0.25, 0.3) is 0 Å². The van der Waals surface area contributed by atoms with Crippen molar-refractivity contribution in [1.29, 1.82) is 0 Å². The van der Waals surface area contributed by atoms with E-state index in [2.05, 4.69) is 66.2 Å². The highest BCUT2D eigenvalue weighted by Crippen LogP contribution is 2.34. The quantitative estimate of drug-likeness (QED) is 0.325. The smallest absolute Gasteiger partial charge is 0.159 e. The number of aromatic amines is 2. The van der Waals surface area contributed by atoms with Gasteiger partial charge in [-0.25, -0.2) is 9.97 Å². The number of imidazole rings is 1. The van der Waals surface area contributed by atoms with Crippen LogP contribution in [0.1, 0.15) is 23.3 Å². The van der Waals surface area contributed by atoms with E-state index >= 15 is 0 Å². The molecule has 0 saturated carbocycles. The van der Waals surface area contributed by atoms with Crippen LogP contribution in [0.25, 0.3) is 55.3 Å². The number of hydrogen-bond acceptors (Lipinski definition) is 7. The van der Waals surface area contributed by atoms with Crippen LogP contribution < -0.4 is 0 Å². The van der Waals surface area contributed by atoms with Gasteiger partial charge in [-0.3, -0.25) is 20.0 Å². The van der Waals surface area contributed by atoms with Crippen LogP contribution >= 0.6 is 11.3 Å². The summed E-state index contributed by atoms with van der Waals surface area (Å²) >= 11 is 1.72. The Hall–Kier alpha value is -3.95. The third-order valence-corrected chi connectivity index (χ3v) is 7.76. The predicted molar refractivity (Wildman–Crippen MR) is 143 cm³/mol. The fraction of sp³-hybridized carbons (Fsp3) is 0.222. The van der Waals surface area contributed by atoms with Crippen molar-refractivity contribution in [3.8, 4) is 33.2 Å². The lowest BCUT2D eigenvalue weighted by atomic mass is 10.1. The Balaban J connectivity index is 1.28. The third-order valence-electron chi connectivity index (χ3n) is 6.75. The number of H-pyrrole nitrogens is 2. The first-order valence-electron chi connectivity index (χ1n) is 12.1. The summed E-state index contributed by atoms with van der Waals surface area (Å²) in [5, 5.41) is 8.54. The highest BCUT2D eigenvalue weighted by Gasteiger charge is 2.18. The molecule has 1 aliphatic heterocycles. The number of nitrogens with zero attached hydrogens (tertiary/aromatic N) is 6. The summed E-state index contributed by atoms with van der Waals surface area (Å²) in [6.45, 7) is 5.36. The lowest BCUT2D eigenvalue weighted by molar-refractivity contribution is 0.331. The van der Waals surface area contributed by atoms with Crippen LogP contribution in [0.15, 0.2) is 55.1 Å². The zero-order valence-electron chi connectivity index (χ0n) is 19.8. The molecule has 6 aromatic heterocycles. The van der Waals surface area contributed by atoms with Crippen molar-refractivity contribution in [3.63, 3.8) is 0 Å². The second-order valence-electron chi connectivity index (χ2n) is 9.31. The monoisotopic (exact) mass is 492 g/mol. The van der Waals surface area contributed by atoms with E-state index in [0.29, 0.717) is 5.82 Å². The predicted octanol–water partition coefficient (Wildman–Crippen LogP) is 5.59. The molecule has 0 aromatic carbocycles. The zero-order chi connectivity index (χ0) is 24.1. The van der Waals surface area contributed by atoms with Gasteiger partial charge >= 0.3 is 0 Å². The minimum absolute atomic E-state index is 0.693. The van der Waals surface area contributed by atoms with Crippen LogP contribution in [-0.2, 0) is 6.54 Å². The molecule has 0 unspecified atom stereocenters. The molecule has 7 heterocycles. The Morgan fingerprint density at radius 3 is 2.72 bits per heavy atom. The molecule has 0 amide bonds. The van der Waals surface area contributed by atoms with E-state index in [1.165, 1.54) is 23.3 Å². The van der Waals surface area contributed by atoms with E-state index in [1.807, 2.05) is 30.9 Å². The van der Waals surface area contributed by atoms with Crippen LogP contribution in [0.4, 0.5) is 0 Å². The Kier molecular flexibility index (Phi) is 5.11.